The Bertz CT molecular complexity index is 323. The van der Waals surface area contributed by atoms with Gasteiger partial charge >= 0.3 is 6.19 Å². The maximum absolute atomic E-state index is 4.00. The van der Waals surface area contributed by atoms with Gasteiger partial charge in [0.05, 0.1) is 7.05 Å². The molecule has 0 aliphatic carbocycles. The second-order valence-electron chi connectivity index (χ2n) is 2.76. The quantitative estimate of drug-likeness (QED) is 0.578. The number of benzene rings is 1. The highest BCUT2D eigenvalue weighted by atomic mass is 15.5. The first-order chi connectivity index (χ1) is 5.86. The average molecular weight is 160 g/mol. The fourth-order valence-corrected chi connectivity index (χ4v) is 1.15. The van der Waals surface area contributed by atoms with E-state index in [0.717, 1.165) is 12.4 Å². The Morgan fingerprint density at radius 3 is 2.67 bits per heavy atom. The molecule has 3 heteroatoms. The van der Waals surface area contributed by atoms with Crippen LogP contribution in [0.15, 0.2) is 30.3 Å². The first-order valence-electron chi connectivity index (χ1n) is 3.86. The third-order valence-corrected chi connectivity index (χ3v) is 1.75. The van der Waals surface area contributed by atoms with Crippen LogP contribution in [-0.4, -0.2) is 18.7 Å². The lowest BCUT2D eigenvalue weighted by Gasteiger charge is -2.03. The zero-order valence-corrected chi connectivity index (χ0v) is 6.94. The number of nitrogens with zero attached hydrogens (tertiary/aromatic N) is 3. The molecule has 0 saturated carbocycles. The van der Waals surface area contributed by atoms with E-state index >= 15 is 0 Å². The molecule has 0 saturated heterocycles. The Kier molecular flexibility index (Phi) is 1.60. The summed E-state index contributed by atoms with van der Waals surface area (Å²) < 4.78 is 0. The molecular formula is C9H10N3+. The molecule has 1 heterocycles. The lowest BCUT2D eigenvalue weighted by molar-refractivity contribution is 0.484. The van der Waals surface area contributed by atoms with E-state index < -0.39 is 0 Å². The first kappa shape index (κ1) is 6.99. The second kappa shape index (κ2) is 2.74. The highest BCUT2D eigenvalue weighted by Crippen LogP contribution is 2.14. The molecule has 1 aromatic rings. The van der Waals surface area contributed by atoms with E-state index in [1.165, 1.54) is 0 Å². The molecule has 0 atom stereocenters. The Hall–Kier alpha value is -1.69. The van der Waals surface area contributed by atoms with E-state index in [4.69, 9.17) is 0 Å². The third-order valence-electron chi connectivity index (χ3n) is 1.75. The number of hydrogen-bond donors (Lipinski definition) is 0. The molecule has 0 radical (unpaired) electrons. The molecule has 0 unspecified atom stereocenters. The summed E-state index contributed by atoms with van der Waals surface area (Å²) in [6, 6.07) is 10.1. The van der Waals surface area contributed by atoms with Crippen molar-refractivity contribution in [3.05, 3.63) is 35.3 Å². The molecule has 0 amide bonds. The predicted octanol–water partition coefficient (Wildman–Crippen LogP) is 1.60. The van der Waals surface area contributed by atoms with Crippen molar-refractivity contribution < 1.29 is 0 Å². The molecule has 0 bridgehead atoms. The highest BCUT2D eigenvalue weighted by molar-refractivity contribution is 5.51. The minimum Gasteiger partial charge on any atom is -0.150 e. The number of hydrogen-bond acceptors (Lipinski definition) is 2. The maximum atomic E-state index is 4.00. The van der Waals surface area contributed by atoms with E-state index in [1.54, 1.807) is 0 Å². The number of rotatable bonds is 1. The molecule has 1 aliphatic rings. The van der Waals surface area contributed by atoms with E-state index in [-0.39, 0.29) is 0 Å². The van der Waals surface area contributed by atoms with Gasteiger partial charge in [0.2, 0.25) is 6.67 Å². The van der Waals surface area contributed by atoms with Crippen LogP contribution in [0.5, 0.6) is 0 Å². The summed E-state index contributed by atoms with van der Waals surface area (Å²) in [7, 11) is 1.93. The molecule has 1 aliphatic heterocycles. The third kappa shape index (κ3) is 1.19. The van der Waals surface area contributed by atoms with Crippen molar-refractivity contribution >= 4 is 5.69 Å². The average Bonchev–Trinajstić information content (AvgIpc) is 2.54. The largest absolute Gasteiger partial charge is 0.415 e. The summed E-state index contributed by atoms with van der Waals surface area (Å²) in [5, 5.41) is 1.84. The highest BCUT2D eigenvalue weighted by Gasteiger charge is 2.21. The molecule has 1 aromatic carbocycles. The molecule has 60 valence electrons. The SMILES string of the molecule is CN1CN(c2ccccc2)C#[N+]1. The van der Waals surface area contributed by atoms with Gasteiger partial charge in [0.1, 0.15) is 5.69 Å². The van der Waals surface area contributed by atoms with Gasteiger partial charge in [0.25, 0.3) is 0 Å². The molecule has 12 heavy (non-hydrogen) atoms. The van der Waals surface area contributed by atoms with Crippen LogP contribution in [0.2, 0.25) is 0 Å². The van der Waals surface area contributed by atoms with Crippen molar-refractivity contribution in [2.75, 3.05) is 18.6 Å². The van der Waals surface area contributed by atoms with Gasteiger partial charge in [-0.2, -0.15) is 4.90 Å². The summed E-state index contributed by atoms with van der Waals surface area (Å²) in [5.74, 6) is 0. The molecule has 0 spiro atoms. The van der Waals surface area contributed by atoms with Crippen LogP contribution < -0.4 is 4.90 Å². The zero-order valence-electron chi connectivity index (χ0n) is 6.94. The molecule has 2 rings (SSSR count). The van der Waals surface area contributed by atoms with Crippen molar-refractivity contribution in [2.45, 2.75) is 0 Å². The second-order valence-corrected chi connectivity index (χ2v) is 2.76. The Morgan fingerprint density at radius 1 is 1.33 bits per heavy atom. The van der Waals surface area contributed by atoms with Crippen molar-refractivity contribution in [3.8, 4) is 6.19 Å². The van der Waals surface area contributed by atoms with Gasteiger partial charge in [-0.05, 0) is 17.1 Å². The van der Waals surface area contributed by atoms with E-state index in [0.29, 0.717) is 0 Å². The van der Waals surface area contributed by atoms with Gasteiger partial charge in [-0.25, -0.2) is 0 Å². The number of para-hydroxylation sites is 1. The van der Waals surface area contributed by atoms with E-state index in [1.807, 2.05) is 47.3 Å². The normalized spacial score (nSPS) is 14.4. The smallest absolute Gasteiger partial charge is 0.150 e. The summed E-state index contributed by atoms with van der Waals surface area (Å²) >= 11 is 0. The zero-order chi connectivity index (χ0) is 8.39. The van der Waals surface area contributed by atoms with Crippen molar-refractivity contribution in [1.82, 2.24) is 5.01 Å². The number of anilines is 1. The van der Waals surface area contributed by atoms with Crippen LogP contribution in [0.4, 0.5) is 5.69 Å². The van der Waals surface area contributed by atoms with Crippen molar-refractivity contribution in [2.24, 2.45) is 0 Å². The molecule has 0 aromatic heterocycles. The summed E-state index contributed by atoms with van der Waals surface area (Å²) in [6.45, 7) is 0.782. The monoisotopic (exact) mass is 160 g/mol. The Morgan fingerprint density at radius 2 is 2.08 bits per heavy atom. The van der Waals surface area contributed by atoms with Gasteiger partial charge in [0.15, 0.2) is 0 Å². The van der Waals surface area contributed by atoms with Gasteiger partial charge in [-0.1, -0.05) is 18.2 Å². The van der Waals surface area contributed by atoms with Crippen molar-refractivity contribution in [1.29, 1.82) is 0 Å². The van der Waals surface area contributed by atoms with Crippen LogP contribution in [-0.2, 0) is 0 Å². The lowest BCUT2D eigenvalue weighted by atomic mass is 10.3. The van der Waals surface area contributed by atoms with Crippen molar-refractivity contribution in [3.63, 3.8) is 0 Å². The Balaban J connectivity index is 2.20. The topological polar surface area (TPSA) is 10.8 Å². The fourth-order valence-electron chi connectivity index (χ4n) is 1.15. The molecule has 0 fully saturated rings. The van der Waals surface area contributed by atoms with Gasteiger partial charge in [-0.3, -0.25) is 0 Å². The first-order valence-corrected chi connectivity index (χ1v) is 3.86. The molecule has 3 nitrogen and oxygen atoms in total. The maximum Gasteiger partial charge on any atom is 0.415 e. The van der Waals surface area contributed by atoms with Crippen LogP contribution >= 0.6 is 0 Å². The fraction of sp³-hybridized carbons (Fsp3) is 0.222. The van der Waals surface area contributed by atoms with Crippen LogP contribution in [0, 0.1) is 6.19 Å². The lowest BCUT2D eigenvalue weighted by Crippen LogP contribution is -2.22. The standard InChI is InChI=1S/C9H10N3/c1-11-8-12(7-10-11)9-5-3-2-4-6-9/h2-6H,8H2,1H3/q+1. The van der Waals surface area contributed by atoms with Crippen LogP contribution in [0.3, 0.4) is 0 Å². The van der Waals surface area contributed by atoms with Gasteiger partial charge < -0.3 is 0 Å². The molecular weight excluding hydrogens is 150 g/mol. The molecule has 0 N–H and O–H groups in total. The summed E-state index contributed by atoms with van der Waals surface area (Å²) in [4.78, 5) is 5.98. The van der Waals surface area contributed by atoms with Crippen LogP contribution in [0.25, 0.3) is 4.95 Å². The van der Waals surface area contributed by atoms with E-state index in [2.05, 4.69) is 11.1 Å². The van der Waals surface area contributed by atoms with Gasteiger partial charge in [-0.15, -0.1) is 5.01 Å². The van der Waals surface area contributed by atoms with Crippen LogP contribution in [0.1, 0.15) is 0 Å². The summed E-state index contributed by atoms with van der Waals surface area (Å²) in [6.07, 6.45) is 2.91. The minimum atomic E-state index is 0.782. The van der Waals surface area contributed by atoms with Gasteiger partial charge in [0, 0.05) is 0 Å². The predicted molar refractivity (Wildman–Crippen MR) is 48.8 cm³/mol. The van der Waals surface area contributed by atoms with E-state index in [9.17, 15) is 0 Å². The summed E-state index contributed by atoms with van der Waals surface area (Å²) in [5.41, 5.74) is 1.13. The Labute approximate surface area is 71.6 Å². The minimum absolute atomic E-state index is 0.782.